The molecule has 0 unspecified atom stereocenters. The van der Waals surface area contributed by atoms with Gasteiger partial charge in [-0.3, -0.25) is 9.59 Å². The van der Waals surface area contributed by atoms with Crippen molar-refractivity contribution in [2.45, 2.75) is 6.92 Å². The molecular weight excluding hydrogens is 376 g/mol. The van der Waals surface area contributed by atoms with E-state index in [0.717, 1.165) is 11.1 Å². The van der Waals surface area contributed by atoms with E-state index in [0.29, 0.717) is 22.3 Å². The smallest absolute Gasteiger partial charge is 0.293 e. The van der Waals surface area contributed by atoms with Crippen molar-refractivity contribution in [3.63, 3.8) is 0 Å². The second kappa shape index (κ2) is 8.49. The fourth-order valence-corrected chi connectivity index (χ4v) is 3.06. The van der Waals surface area contributed by atoms with Crippen molar-refractivity contribution in [2.24, 2.45) is 0 Å². The number of rotatable bonds is 5. The number of anilines is 2. The van der Waals surface area contributed by atoms with Gasteiger partial charge in [0.15, 0.2) is 0 Å². The molecule has 1 heterocycles. The Morgan fingerprint density at radius 1 is 0.833 bits per heavy atom. The first-order valence-corrected chi connectivity index (χ1v) is 9.54. The van der Waals surface area contributed by atoms with E-state index in [1.54, 1.807) is 18.2 Å². The van der Waals surface area contributed by atoms with E-state index in [1.165, 1.54) is 6.08 Å². The highest BCUT2D eigenvalue weighted by Gasteiger charge is 2.21. The molecule has 0 saturated carbocycles. The van der Waals surface area contributed by atoms with Gasteiger partial charge in [-0.05, 0) is 42.8 Å². The van der Waals surface area contributed by atoms with E-state index < -0.39 is 5.91 Å². The zero-order valence-corrected chi connectivity index (χ0v) is 16.4. The Morgan fingerprint density at radius 2 is 1.53 bits per heavy atom. The van der Waals surface area contributed by atoms with Crippen LogP contribution in [0.25, 0.3) is 17.0 Å². The average Bonchev–Trinajstić information content (AvgIpc) is 3.13. The highest BCUT2D eigenvalue weighted by molar-refractivity contribution is 6.16. The molecule has 2 amide bonds. The number of para-hydroxylation sites is 1. The predicted molar refractivity (Wildman–Crippen MR) is 119 cm³/mol. The number of hydrogen-bond donors (Lipinski definition) is 2. The van der Waals surface area contributed by atoms with Crippen LogP contribution >= 0.6 is 0 Å². The molecule has 2 N–H and O–H groups in total. The quantitative estimate of drug-likeness (QED) is 0.429. The Kier molecular flexibility index (Phi) is 5.44. The van der Waals surface area contributed by atoms with Crippen LogP contribution in [0.2, 0.25) is 0 Å². The fourth-order valence-electron chi connectivity index (χ4n) is 3.06. The monoisotopic (exact) mass is 396 g/mol. The van der Waals surface area contributed by atoms with Gasteiger partial charge in [-0.25, -0.2) is 0 Å². The lowest BCUT2D eigenvalue weighted by Gasteiger charge is -2.06. The summed E-state index contributed by atoms with van der Waals surface area (Å²) in [6, 6.07) is 24.2. The molecular formula is C25H20N2O3. The van der Waals surface area contributed by atoms with E-state index in [9.17, 15) is 9.59 Å². The first kappa shape index (κ1) is 19.2. The molecule has 4 rings (SSSR count). The number of carbonyl (C=O) groups excluding carboxylic acids is 2. The second-order valence-electron chi connectivity index (χ2n) is 6.86. The maximum absolute atomic E-state index is 12.9. The minimum atomic E-state index is -0.433. The summed E-state index contributed by atoms with van der Waals surface area (Å²) >= 11 is 0. The zero-order valence-electron chi connectivity index (χ0n) is 16.4. The molecule has 1 aromatic heterocycles. The Hall–Kier alpha value is -4.12. The molecule has 5 nitrogen and oxygen atoms in total. The Labute approximate surface area is 174 Å². The molecule has 4 aromatic rings. The van der Waals surface area contributed by atoms with Crippen molar-refractivity contribution in [1.82, 2.24) is 0 Å². The molecule has 0 saturated heterocycles. The van der Waals surface area contributed by atoms with E-state index in [2.05, 4.69) is 10.6 Å². The average molecular weight is 396 g/mol. The van der Waals surface area contributed by atoms with Crippen LogP contribution in [-0.2, 0) is 4.79 Å². The van der Waals surface area contributed by atoms with Crippen molar-refractivity contribution in [3.8, 4) is 0 Å². The molecule has 0 fully saturated rings. The van der Waals surface area contributed by atoms with Gasteiger partial charge in [0.2, 0.25) is 11.7 Å². The normalized spacial score (nSPS) is 11.0. The van der Waals surface area contributed by atoms with Crippen molar-refractivity contribution in [1.29, 1.82) is 0 Å². The lowest BCUT2D eigenvalue weighted by atomic mass is 10.2. The van der Waals surface area contributed by atoms with Crippen LogP contribution in [0, 0.1) is 6.92 Å². The van der Waals surface area contributed by atoms with Gasteiger partial charge in [0.25, 0.3) is 5.91 Å². The number of carbonyl (C=O) groups is 2. The van der Waals surface area contributed by atoms with Gasteiger partial charge in [0, 0.05) is 17.1 Å². The Morgan fingerprint density at radius 3 is 2.30 bits per heavy atom. The molecule has 0 aliphatic rings. The third kappa shape index (κ3) is 4.31. The molecule has 0 aliphatic heterocycles. The minimum Gasteiger partial charge on any atom is -0.449 e. The van der Waals surface area contributed by atoms with Gasteiger partial charge in [-0.2, -0.15) is 0 Å². The topological polar surface area (TPSA) is 71.3 Å². The summed E-state index contributed by atoms with van der Waals surface area (Å²) in [5.41, 5.74) is 3.51. The summed E-state index contributed by atoms with van der Waals surface area (Å²) in [4.78, 5) is 25.4. The van der Waals surface area contributed by atoms with Gasteiger partial charge in [0.1, 0.15) is 11.3 Å². The fraction of sp³-hybridized carbons (Fsp3) is 0.0400. The summed E-state index contributed by atoms with van der Waals surface area (Å²) in [6.45, 7) is 1.97. The molecule has 3 aromatic carbocycles. The van der Waals surface area contributed by atoms with Gasteiger partial charge in [-0.15, -0.1) is 0 Å². The number of aryl methyl sites for hydroxylation is 1. The number of hydrogen-bond acceptors (Lipinski definition) is 3. The lowest BCUT2D eigenvalue weighted by molar-refractivity contribution is -0.111. The van der Waals surface area contributed by atoms with E-state index in [1.807, 2.05) is 73.7 Å². The summed E-state index contributed by atoms with van der Waals surface area (Å²) in [7, 11) is 0. The highest BCUT2D eigenvalue weighted by atomic mass is 16.3. The van der Waals surface area contributed by atoms with E-state index in [-0.39, 0.29) is 11.7 Å². The van der Waals surface area contributed by atoms with Crippen LogP contribution in [0.15, 0.2) is 89.4 Å². The predicted octanol–water partition coefficient (Wildman–Crippen LogP) is 5.65. The Bertz CT molecular complexity index is 1220. The van der Waals surface area contributed by atoms with Crippen molar-refractivity contribution in [3.05, 3.63) is 102 Å². The van der Waals surface area contributed by atoms with Crippen molar-refractivity contribution >= 4 is 40.2 Å². The zero-order chi connectivity index (χ0) is 20.9. The molecule has 0 bridgehead atoms. The van der Waals surface area contributed by atoms with Crippen LogP contribution in [0.1, 0.15) is 21.7 Å². The first-order chi connectivity index (χ1) is 14.6. The largest absolute Gasteiger partial charge is 0.449 e. The number of nitrogens with one attached hydrogen (secondary N) is 2. The van der Waals surface area contributed by atoms with Gasteiger partial charge >= 0.3 is 0 Å². The minimum absolute atomic E-state index is 0.0539. The van der Waals surface area contributed by atoms with Crippen LogP contribution < -0.4 is 10.6 Å². The van der Waals surface area contributed by atoms with E-state index >= 15 is 0 Å². The third-order valence-electron chi connectivity index (χ3n) is 4.59. The highest BCUT2D eigenvalue weighted by Crippen LogP contribution is 2.31. The maximum Gasteiger partial charge on any atom is 0.293 e. The molecule has 148 valence electrons. The molecule has 0 atom stereocenters. The van der Waals surface area contributed by atoms with Crippen LogP contribution in [0.5, 0.6) is 0 Å². The number of fused-ring (bicyclic) bond motifs is 1. The van der Waals surface area contributed by atoms with Crippen molar-refractivity contribution in [2.75, 3.05) is 10.6 Å². The van der Waals surface area contributed by atoms with Crippen LogP contribution in [0.4, 0.5) is 11.4 Å². The Balaban J connectivity index is 1.61. The molecule has 0 aliphatic carbocycles. The summed E-state index contributed by atoms with van der Waals surface area (Å²) in [5, 5.41) is 6.28. The van der Waals surface area contributed by atoms with Crippen LogP contribution in [-0.4, -0.2) is 11.8 Å². The molecule has 0 spiro atoms. The van der Waals surface area contributed by atoms with Gasteiger partial charge < -0.3 is 15.1 Å². The van der Waals surface area contributed by atoms with Crippen molar-refractivity contribution < 1.29 is 14.0 Å². The third-order valence-corrected chi connectivity index (χ3v) is 4.59. The van der Waals surface area contributed by atoms with Gasteiger partial charge in [-0.1, -0.05) is 60.2 Å². The summed E-state index contributed by atoms with van der Waals surface area (Å²) in [6.07, 6.45) is 3.14. The van der Waals surface area contributed by atoms with E-state index in [4.69, 9.17) is 4.42 Å². The SMILES string of the molecule is Cc1ccc(NC(=O)c2oc3ccccc3c2NC(=O)/C=C/c2ccccc2)cc1. The maximum atomic E-state index is 12.9. The number of benzene rings is 3. The first-order valence-electron chi connectivity index (χ1n) is 9.54. The lowest BCUT2D eigenvalue weighted by Crippen LogP contribution is -2.15. The summed E-state index contributed by atoms with van der Waals surface area (Å²) < 4.78 is 5.77. The number of amides is 2. The molecule has 30 heavy (non-hydrogen) atoms. The second-order valence-corrected chi connectivity index (χ2v) is 6.86. The van der Waals surface area contributed by atoms with Gasteiger partial charge in [0.05, 0.1) is 0 Å². The summed E-state index contributed by atoms with van der Waals surface area (Å²) in [5.74, 6) is -0.731. The molecule has 5 heteroatoms. The number of furan rings is 1. The molecule has 0 radical (unpaired) electrons. The van der Waals surface area contributed by atoms with Crippen LogP contribution in [0.3, 0.4) is 0 Å². The standard InChI is InChI=1S/C25H20N2O3/c1-17-11-14-19(15-12-17)26-25(29)24-23(20-9-5-6-10-21(20)30-24)27-22(28)16-13-18-7-3-2-4-8-18/h2-16H,1H3,(H,26,29)(H,27,28)/b16-13+.